The summed E-state index contributed by atoms with van der Waals surface area (Å²) in [5, 5.41) is 16.4. The molecule has 0 saturated heterocycles. The maximum atomic E-state index is 12.6. The van der Waals surface area contributed by atoms with Gasteiger partial charge in [0.1, 0.15) is 11.6 Å². The number of aromatic nitrogens is 2. The highest BCUT2D eigenvalue weighted by atomic mass is 16.3. The zero-order chi connectivity index (χ0) is 18.0. The van der Waals surface area contributed by atoms with E-state index in [9.17, 15) is 9.90 Å². The number of hydrogen-bond donors (Lipinski definition) is 3. The molecule has 1 amide bonds. The van der Waals surface area contributed by atoms with Gasteiger partial charge >= 0.3 is 0 Å². The van der Waals surface area contributed by atoms with Crippen LogP contribution in [0.1, 0.15) is 76.0 Å². The predicted molar refractivity (Wildman–Crippen MR) is 99.8 cm³/mol. The van der Waals surface area contributed by atoms with E-state index in [1.54, 1.807) is 0 Å². The van der Waals surface area contributed by atoms with Crippen molar-refractivity contribution < 1.29 is 9.90 Å². The molecule has 0 radical (unpaired) electrons. The molecule has 1 heterocycles. The van der Waals surface area contributed by atoms with Gasteiger partial charge in [-0.15, -0.1) is 0 Å². The van der Waals surface area contributed by atoms with Crippen molar-refractivity contribution in [3.8, 4) is 0 Å². The summed E-state index contributed by atoms with van der Waals surface area (Å²) in [6, 6.07) is 2.45. The molecule has 1 aromatic heterocycles. The van der Waals surface area contributed by atoms with E-state index in [1.807, 2.05) is 12.3 Å². The Balaban J connectivity index is 1.33. The lowest BCUT2D eigenvalue weighted by molar-refractivity contribution is -0.140. The van der Waals surface area contributed by atoms with Gasteiger partial charge in [-0.1, -0.05) is 12.8 Å². The van der Waals surface area contributed by atoms with Gasteiger partial charge < -0.3 is 15.7 Å². The number of carbonyl (C=O) groups is 1. The molecule has 3 fully saturated rings. The number of carbonyl (C=O) groups excluding carboxylic acids is 1. The van der Waals surface area contributed by atoms with Crippen molar-refractivity contribution in [1.29, 1.82) is 0 Å². The van der Waals surface area contributed by atoms with Crippen molar-refractivity contribution in [2.24, 2.45) is 5.41 Å². The van der Waals surface area contributed by atoms with Gasteiger partial charge in [-0.05, 0) is 57.4 Å². The summed E-state index contributed by atoms with van der Waals surface area (Å²) in [7, 11) is 0. The maximum Gasteiger partial charge on any atom is 0.228 e. The first-order valence-corrected chi connectivity index (χ1v) is 10.2. The molecule has 0 bridgehead atoms. The largest absolute Gasteiger partial charge is 0.395 e. The first-order chi connectivity index (χ1) is 12.7. The van der Waals surface area contributed by atoms with Crippen LogP contribution in [0.25, 0.3) is 0 Å². The predicted octanol–water partition coefficient (Wildman–Crippen LogP) is 2.75. The van der Waals surface area contributed by atoms with Crippen molar-refractivity contribution in [2.75, 3.05) is 11.9 Å². The summed E-state index contributed by atoms with van der Waals surface area (Å²) >= 11 is 0. The molecule has 3 aliphatic rings. The third kappa shape index (κ3) is 3.56. The summed E-state index contributed by atoms with van der Waals surface area (Å²) in [5.41, 5.74) is -0.509. The van der Waals surface area contributed by atoms with Gasteiger partial charge in [-0.2, -0.15) is 0 Å². The van der Waals surface area contributed by atoms with Crippen LogP contribution in [-0.4, -0.2) is 39.7 Å². The van der Waals surface area contributed by atoms with Crippen molar-refractivity contribution >= 4 is 11.7 Å². The minimum atomic E-state index is -0.509. The van der Waals surface area contributed by atoms with E-state index in [0.717, 1.165) is 56.6 Å². The van der Waals surface area contributed by atoms with Gasteiger partial charge in [0.25, 0.3) is 0 Å². The molecule has 0 spiro atoms. The standard InChI is InChI=1S/C20H30N4O2/c25-13-20(9-3-10-20)19(26)23-16-7-2-6-15(12-16)22-17-8-11-21-18(24-17)14-4-1-5-14/h8,11,14-16,25H,1-7,9-10,12-13H2,(H,23,26)(H,21,22,24). The Morgan fingerprint density at radius 3 is 2.58 bits per heavy atom. The number of nitrogens with one attached hydrogen (secondary N) is 2. The minimum absolute atomic E-state index is 0.0297. The first kappa shape index (κ1) is 17.7. The van der Waals surface area contributed by atoms with Crippen LogP contribution >= 0.6 is 0 Å². The Morgan fingerprint density at radius 2 is 1.92 bits per heavy atom. The highest BCUT2D eigenvalue weighted by molar-refractivity contribution is 5.84. The summed E-state index contributed by atoms with van der Waals surface area (Å²) in [6.45, 7) is -0.0297. The Kier molecular flexibility index (Phi) is 5.11. The van der Waals surface area contributed by atoms with Crippen molar-refractivity contribution in [3.05, 3.63) is 18.1 Å². The van der Waals surface area contributed by atoms with E-state index in [2.05, 4.69) is 15.6 Å². The molecular formula is C20H30N4O2. The number of aliphatic hydroxyl groups is 1. The molecule has 6 nitrogen and oxygen atoms in total. The van der Waals surface area contributed by atoms with Crippen LogP contribution < -0.4 is 10.6 Å². The number of hydrogen-bond acceptors (Lipinski definition) is 5. The summed E-state index contributed by atoms with van der Waals surface area (Å²) in [6.07, 6.45) is 12.3. The molecule has 2 atom stereocenters. The molecule has 6 heteroatoms. The van der Waals surface area contributed by atoms with Crippen LogP contribution in [-0.2, 0) is 4.79 Å². The van der Waals surface area contributed by atoms with Crippen molar-refractivity contribution in [1.82, 2.24) is 15.3 Å². The molecule has 0 aliphatic heterocycles. The molecule has 3 aliphatic carbocycles. The number of anilines is 1. The summed E-state index contributed by atoms with van der Waals surface area (Å²) < 4.78 is 0. The second-order valence-electron chi connectivity index (χ2n) is 8.40. The van der Waals surface area contributed by atoms with E-state index < -0.39 is 5.41 Å². The van der Waals surface area contributed by atoms with Gasteiger partial charge in [-0.25, -0.2) is 9.97 Å². The third-order valence-corrected chi connectivity index (χ3v) is 6.60. The second kappa shape index (κ2) is 7.51. The van der Waals surface area contributed by atoms with E-state index in [1.165, 1.54) is 19.3 Å². The molecular weight excluding hydrogens is 328 g/mol. The molecule has 4 rings (SSSR count). The minimum Gasteiger partial charge on any atom is -0.395 e. The quantitative estimate of drug-likeness (QED) is 0.728. The summed E-state index contributed by atoms with van der Waals surface area (Å²) in [4.78, 5) is 21.7. The Hall–Kier alpha value is -1.69. The zero-order valence-electron chi connectivity index (χ0n) is 15.4. The van der Waals surface area contributed by atoms with Crippen LogP contribution in [0.15, 0.2) is 12.3 Å². The van der Waals surface area contributed by atoms with Crippen LogP contribution in [0.5, 0.6) is 0 Å². The average molecular weight is 358 g/mol. The molecule has 3 saturated carbocycles. The van der Waals surface area contributed by atoms with Gasteiger partial charge in [0, 0.05) is 24.2 Å². The van der Waals surface area contributed by atoms with Gasteiger partial charge in [0.2, 0.25) is 5.91 Å². The van der Waals surface area contributed by atoms with Crippen molar-refractivity contribution in [3.63, 3.8) is 0 Å². The lowest BCUT2D eigenvalue weighted by Gasteiger charge is -2.40. The Bertz CT molecular complexity index is 637. The third-order valence-electron chi connectivity index (χ3n) is 6.60. The lowest BCUT2D eigenvalue weighted by atomic mass is 9.68. The van der Waals surface area contributed by atoms with E-state index >= 15 is 0 Å². The van der Waals surface area contributed by atoms with Gasteiger partial charge in [-0.3, -0.25) is 4.79 Å². The molecule has 3 N–H and O–H groups in total. The normalized spacial score (nSPS) is 27.9. The van der Waals surface area contributed by atoms with Crippen LogP contribution in [0, 0.1) is 5.41 Å². The van der Waals surface area contributed by atoms with Gasteiger partial charge in [0.05, 0.1) is 12.0 Å². The Morgan fingerprint density at radius 1 is 1.15 bits per heavy atom. The molecule has 142 valence electrons. The monoisotopic (exact) mass is 358 g/mol. The fraction of sp³-hybridized carbons (Fsp3) is 0.750. The van der Waals surface area contributed by atoms with Gasteiger partial charge in [0.15, 0.2) is 0 Å². The highest BCUT2D eigenvalue weighted by Crippen LogP contribution is 2.41. The summed E-state index contributed by atoms with van der Waals surface area (Å²) in [5.74, 6) is 2.46. The maximum absolute atomic E-state index is 12.6. The van der Waals surface area contributed by atoms with Crippen LogP contribution in [0.4, 0.5) is 5.82 Å². The second-order valence-corrected chi connectivity index (χ2v) is 8.40. The topological polar surface area (TPSA) is 87.1 Å². The fourth-order valence-electron chi connectivity index (χ4n) is 4.38. The van der Waals surface area contributed by atoms with Crippen LogP contribution in [0.3, 0.4) is 0 Å². The number of rotatable bonds is 6. The first-order valence-electron chi connectivity index (χ1n) is 10.2. The van der Waals surface area contributed by atoms with E-state index in [4.69, 9.17) is 4.98 Å². The fourth-order valence-corrected chi connectivity index (χ4v) is 4.38. The molecule has 2 unspecified atom stereocenters. The van der Waals surface area contributed by atoms with E-state index in [-0.39, 0.29) is 18.6 Å². The SMILES string of the molecule is O=C(NC1CCCC(Nc2ccnc(C3CCC3)n2)C1)C1(CO)CCC1. The lowest BCUT2D eigenvalue weighted by Crippen LogP contribution is -2.52. The number of nitrogens with zero attached hydrogens (tertiary/aromatic N) is 2. The van der Waals surface area contributed by atoms with E-state index in [0.29, 0.717) is 12.0 Å². The van der Waals surface area contributed by atoms with Crippen molar-refractivity contribution in [2.45, 2.75) is 82.2 Å². The average Bonchev–Trinajstić information content (AvgIpc) is 2.53. The number of amides is 1. The molecule has 1 aromatic rings. The highest BCUT2D eigenvalue weighted by Gasteiger charge is 2.44. The Labute approximate surface area is 155 Å². The smallest absolute Gasteiger partial charge is 0.228 e. The number of aliphatic hydroxyl groups excluding tert-OH is 1. The zero-order valence-corrected chi connectivity index (χ0v) is 15.4. The molecule has 0 aromatic carbocycles. The molecule has 26 heavy (non-hydrogen) atoms. The van der Waals surface area contributed by atoms with Crippen LogP contribution in [0.2, 0.25) is 0 Å².